The van der Waals surface area contributed by atoms with E-state index in [2.05, 4.69) is 30.6 Å². The summed E-state index contributed by atoms with van der Waals surface area (Å²) in [7, 11) is 0. The van der Waals surface area contributed by atoms with Gasteiger partial charge in [-0.25, -0.2) is 9.97 Å². The van der Waals surface area contributed by atoms with Gasteiger partial charge in [-0.05, 0) is 18.6 Å². The maximum Gasteiger partial charge on any atom is 0.271 e. The molecule has 0 aliphatic rings. The third kappa shape index (κ3) is 4.29. The zero-order valence-electron chi connectivity index (χ0n) is 15.2. The molecular formula is C18H20N8O2. The van der Waals surface area contributed by atoms with E-state index in [-0.39, 0.29) is 11.5 Å². The van der Waals surface area contributed by atoms with E-state index in [0.29, 0.717) is 17.9 Å². The smallest absolute Gasteiger partial charge is 0.271 e. The molecule has 6 N–H and O–H groups in total. The Morgan fingerprint density at radius 3 is 2.71 bits per heavy atom. The minimum absolute atomic E-state index is 0.0389. The molecular weight excluding hydrogens is 360 g/mol. The number of carbonyl (C=O) groups is 2. The number of pyridine rings is 2. The monoisotopic (exact) mass is 380 g/mol. The van der Waals surface area contributed by atoms with E-state index in [9.17, 15) is 9.59 Å². The van der Waals surface area contributed by atoms with Crippen LogP contribution in [0, 0.1) is 0 Å². The summed E-state index contributed by atoms with van der Waals surface area (Å²) in [6.45, 7) is 1.94. The average Bonchev–Trinajstić information content (AvgIpc) is 2.67. The standard InChI is InChI=1S/C18H20N8O2/c1-2-3-13(16(19)27)25-14-9-23-15(17(20)28)18(26-14)24-11-6-10-7-21-5-4-12(10)22-8-11/h4-9,13H,2-3H2,1H3,(H2,19,27)(H2,20,28)(H2,24,25,26). The highest BCUT2D eigenvalue weighted by molar-refractivity contribution is 5.96. The van der Waals surface area contributed by atoms with Gasteiger partial charge in [-0.15, -0.1) is 0 Å². The lowest BCUT2D eigenvalue weighted by Crippen LogP contribution is -2.35. The van der Waals surface area contributed by atoms with Crippen molar-refractivity contribution in [2.75, 3.05) is 10.6 Å². The highest BCUT2D eigenvalue weighted by Crippen LogP contribution is 2.22. The van der Waals surface area contributed by atoms with Crippen LogP contribution in [0.15, 0.2) is 36.9 Å². The summed E-state index contributed by atoms with van der Waals surface area (Å²) in [6.07, 6.45) is 7.56. The first-order valence-corrected chi connectivity index (χ1v) is 8.67. The van der Waals surface area contributed by atoms with Crippen LogP contribution in [-0.2, 0) is 4.79 Å². The highest BCUT2D eigenvalue weighted by Gasteiger charge is 2.18. The van der Waals surface area contributed by atoms with E-state index in [1.54, 1.807) is 24.7 Å². The molecule has 0 aromatic carbocycles. The number of aromatic nitrogens is 4. The fourth-order valence-corrected chi connectivity index (χ4v) is 2.66. The molecule has 0 spiro atoms. The molecule has 10 heteroatoms. The molecule has 0 fully saturated rings. The van der Waals surface area contributed by atoms with Crippen LogP contribution in [0.1, 0.15) is 30.3 Å². The molecule has 3 heterocycles. The van der Waals surface area contributed by atoms with Crippen LogP contribution in [0.25, 0.3) is 10.9 Å². The minimum Gasteiger partial charge on any atom is -0.368 e. The molecule has 3 rings (SSSR count). The van der Waals surface area contributed by atoms with Gasteiger partial charge in [0, 0.05) is 17.8 Å². The van der Waals surface area contributed by atoms with Gasteiger partial charge in [0.1, 0.15) is 11.9 Å². The number of primary amides is 2. The number of hydrogen-bond acceptors (Lipinski definition) is 8. The largest absolute Gasteiger partial charge is 0.368 e. The first-order valence-electron chi connectivity index (χ1n) is 8.67. The highest BCUT2D eigenvalue weighted by atomic mass is 16.1. The van der Waals surface area contributed by atoms with Crippen LogP contribution in [0.2, 0.25) is 0 Å². The third-order valence-electron chi connectivity index (χ3n) is 3.99. The van der Waals surface area contributed by atoms with Gasteiger partial charge in [-0.1, -0.05) is 13.3 Å². The van der Waals surface area contributed by atoms with Gasteiger partial charge in [0.2, 0.25) is 5.91 Å². The van der Waals surface area contributed by atoms with Crippen molar-refractivity contribution in [2.24, 2.45) is 11.5 Å². The second-order valence-electron chi connectivity index (χ2n) is 6.12. The summed E-state index contributed by atoms with van der Waals surface area (Å²) in [4.78, 5) is 40.1. The number of hydrogen-bond donors (Lipinski definition) is 4. The summed E-state index contributed by atoms with van der Waals surface area (Å²) in [5.74, 6) is -0.803. The SMILES string of the molecule is CCCC(Nc1cnc(C(N)=O)c(Nc2cnc3ccncc3c2)n1)C(N)=O. The number of carbonyl (C=O) groups excluding carboxylic acids is 2. The molecule has 0 aliphatic heterocycles. The predicted molar refractivity (Wildman–Crippen MR) is 105 cm³/mol. The van der Waals surface area contributed by atoms with Crippen molar-refractivity contribution in [1.82, 2.24) is 19.9 Å². The Morgan fingerprint density at radius 2 is 2.00 bits per heavy atom. The lowest BCUT2D eigenvalue weighted by Gasteiger charge is -2.16. The van der Waals surface area contributed by atoms with E-state index in [1.165, 1.54) is 6.20 Å². The predicted octanol–water partition coefficient (Wildman–Crippen LogP) is 1.33. The summed E-state index contributed by atoms with van der Waals surface area (Å²) >= 11 is 0. The minimum atomic E-state index is -0.739. The molecule has 0 bridgehead atoms. The number of nitrogens with zero attached hydrogens (tertiary/aromatic N) is 4. The normalized spacial score (nSPS) is 11.8. The molecule has 0 radical (unpaired) electrons. The number of amides is 2. The van der Waals surface area contributed by atoms with Gasteiger partial charge in [0.25, 0.3) is 5.91 Å². The molecule has 3 aromatic heterocycles. The van der Waals surface area contributed by atoms with E-state index in [4.69, 9.17) is 11.5 Å². The van der Waals surface area contributed by atoms with Gasteiger partial charge < -0.3 is 22.1 Å². The van der Waals surface area contributed by atoms with Crippen LogP contribution in [0.3, 0.4) is 0 Å². The average molecular weight is 380 g/mol. The van der Waals surface area contributed by atoms with Crippen LogP contribution >= 0.6 is 0 Å². The van der Waals surface area contributed by atoms with Gasteiger partial charge >= 0.3 is 0 Å². The summed E-state index contributed by atoms with van der Waals surface area (Å²) < 4.78 is 0. The number of fused-ring (bicyclic) bond motifs is 1. The van der Waals surface area contributed by atoms with Gasteiger partial charge in [0.15, 0.2) is 11.5 Å². The first kappa shape index (κ1) is 19.0. The van der Waals surface area contributed by atoms with Gasteiger partial charge in [0.05, 0.1) is 23.6 Å². The molecule has 28 heavy (non-hydrogen) atoms. The van der Waals surface area contributed by atoms with Crippen LogP contribution in [-0.4, -0.2) is 37.8 Å². The van der Waals surface area contributed by atoms with Gasteiger partial charge in [-0.2, -0.15) is 0 Å². The molecule has 0 saturated carbocycles. The maximum atomic E-state index is 11.7. The lowest BCUT2D eigenvalue weighted by atomic mass is 10.1. The molecule has 0 saturated heterocycles. The fraction of sp³-hybridized carbons (Fsp3) is 0.222. The van der Waals surface area contributed by atoms with E-state index in [0.717, 1.165) is 17.3 Å². The molecule has 1 unspecified atom stereocenters. The summed E-state index contributed by atoms with van der Waals surface area (Å²) in [5.41, 5.74) is 12.1. The Kier molecular flexibility index (Phi) is 5.58. The van der Waals surface area contributed by atoms with Crippen molar-refractivity contribution in [2.45, 2.75) is 25.8 Å². The number of anilines is 3. The van der Waals surface area contributed by atoms with E-state index < -0.39 is 17.9 Å². The van der Waals surface area contributed by atoms with Crippen LogP contribution in [0.4, 0.5) is 17.3 Å². The molecule has 144 valence electrons. The van der Waals surface area contributed by atoms with Crippen molar-refractivity contribution in [3.8, 4) is 0 Å². The second-order valence-corrected chi connectivity index (χ2v) is 6.12. The second kappa shape index (κ2) is 8.25. The molecule has 2 amide bonds. The van der Waals surface area contributed by atoms with E-state index >= 15 is 0 Å². The lowest BCUT2D eigenvalue weighted by molar-refractivity contribution is -0.118. The first-order chi connectivity index (χ1) is 13.5. The van der Waals surface area contributed by atoms with Crippen molar-refractivity contribution >= 4 is 40.0 Å². The summed E-state index contributed by atoms with van der Waals surface area (Å²) in [6, 6.07) is 3.00. The third-order valence-corrected chi connectivity index (χ3v) is 3.99. The Labute approximate surface area is 160 Å². The van der Waals surface area contributed by atoms with Crippen molar-refractivity contribution in [3.05, 3.63) is 42.6 Å². The fourth-order valence-electron chi connectivity index (χ4n) is 2.66. The molecule has 10 nitrogen and oxygen atoms in total. The van der Waals surface area contributed by atoms with Crippen LogP contribution in [0.5, 0.6) is 0 Å². The quantitative estimate of drug-likeness (QED) is 0.455. The molecule has 0 aliphatic carbocycles. The Morgan fingerprint density at radius 1 is 1.18 bits per heavy atom. The summed E-state index contributed by atoms with van der Waals surface area (Å²) in [5, 5.41) is 6.75. The Balaban J connectivity index is 1.92. The van der Waals surface area contributed by atoms with E-state index in [1.807, 2.05) is 13.0 Å². The van der Waals surface area contributed by atoms with Crippen LogP contribution < -0.4 is 22.1 Å². The zero-order valence-corrected chi connectivity index (χ0v) is 15.2. The van der Waals surface area contributed by atoms with Crippen molar-refractivity contribution in [3.63, 3.8) is 0 Å². The number of nitrogens with one attached hydrogen (secondary N) is 2. The Bertz CT molecular complexity index is 1020. The Hall–Kier alpha value is -3.82. The van der Waals surface area contributed by atoms with Crippen molar-refractivity contribution < 1.29 is 9.59 Å². The molecule has 3 aromatic rings. The topological polar surface area (TPSA) is 162 Å². The maximum absolute atomic E-state index is 11.7. The van der Waals surface area contributed by atoms with Crippen molar-refractivity contribution in [1.29, 1.82) is 0 Å². The number of rotatable bonds is 8. The molecule has 1 atom stereocenters. The van der Waals surface area contributed by atoms with Gasteiger partial charge in [-0.3, -0.25) is 19.6 Å². The number of nitrogens with two attached hydrogens (primary N) is 2. The zero-order chi connectivity index (χ0) is 20.1.